The number of anilines is 1. The number of H-pyrrole nitrogens is 1. The lowest BCUT2D eigenvalue weighted by atomic mass is 9.88. The van der Waals surface area contributed by atoms with Crippen molar-refractivity contribution >= 4 is 16.6 Å². The van der Waals surface area contributed by atoms with Crippen LogP contribution in [0.5, 0.6) is 0 Å². The van der Waals surface area contributed by atoms with Crippen molar-refractivity contribution in [2.75, 3.05) is 38.3 Å². The number of halogens is 4. The molecular weight excluding hydrogens is 468 g/mol. The van der Waals surface area contributed by atoms with Crippen LogP contribution in [0, 0.1) is 11.6 Å². The van der Waals surface area contributed by atoms with Gasteiger partial charge in [-0.05, 0) is 56.9 Å². The Morgan fingerprint density at radius 1 is 1.00 bits per heavy atom. The largest absolute Gasteiger partial charge is 0.381 e. The van der Waals surface area contributed by atoms with Crippen molar-refractivity contribution in [3.05, 3.63) is 64.9 Å². The van der Waals surface area contributed by atoms with Crippen LogP contribution >= 0.6 is 0 Å². The zero-order chi connectivity index (χ0) is 25.4. The molecule has 0 spiro atoms. The molecule has 5 rings (SSSR count). The summed E-state index contributed by atoms with van der Waals surface area (Å²) < 4.78 is 57.6. The Morgan fingerprint density at radius 2 is 1.75 bits per heavy atom. The number of likely N-dealkylation sites (tertiary alicyclic amines) is 1. The molecule has 8 heteroatoms. The van der Waals surface area contributed by atoms with Gasteiger partial charge in [0.05, 0.1) is 12.7 Å². The van der Waals surface area contributed by atoms with E-state index in [0.29, 0.717) is 31.6 Å². The number of aromatic amines is 1. The lowest BCUT2D eigenvalue weighted by Crippen LogP contribution is -2.44. The molecule has 1 aromatic heterocycles. The van der Waals surface area contributed by atoms with Gasteiger partial charge in [0.1, 0.15) is 18.3 Å². The minimum absolute atomic E-state index is 0.0299. The molecule has 4 nitrogen and oxygen atoms in total. The first-order valence-electron chi connectivity index (χ1n) is 12.9. The lowest BCUT2D eigenvalue weighted by molar-refractivity contribution is 0.132. The topological polar surface area (TPSA) is 34.3 Å². The maximum absolute atomic E-state index is 15.7. The number of nitrogens with zero attached hydrogens (tertiary/aromatic N) is 2. The molecule has 1 saturated heterocycles. The monoisotopic (exact) mass is 502 g/mol. The molecule has 2 aliphatic heterocycles. The molecule has 0 bridgehead atoms. The molecule has 4 unspecified atom stereocenters. The summed E-state index contributed by atoms with van der Waals surface area (Å²) in [5.41, 5.74) is 3.00. The van der Waals surface area contributed by atoms with E-state index >= 15 is 8.78 Å². The quantitative estimate of drug-likeness (QED) is 0.372. The number of rotatable bonds is 8. The molecule has 3 heterocycles. The van der Waals surface area contributed by atoms with E-state index in [0.717, 1.165) is 28.6 Å². The molecule has 0 saturated carbocycles. The fourth-order valence-electron chi connectivity index (χ4n) is 6.21. The van der Waals surface area contributed by atoms with Gasteiger partial charge in [0.15, 0.2) is 0 Å². The van der Waals surface area contributed by atoms with E-state index in [1.807, 2.05) is 36.1 Å². The van der Waals surface area contributed by atoms with E-state index in [1.165, 1.54) is 12.1 Å². The smallest absolute Gasteiger partial charge is 0.133 e. The van der Waals surface area contributed by atoms with Gasteiger partial charge in [0.25, 0.3) is 0 Å². The Kier molecular flexibility index (Phi) is 7.26. The predicted octanol–water partition coefficient (Wildman–Crippen LogP) is 5.99. The van der Waals surface area contributed by atoms with Crippen LogP contribution in [0.25, 0.3) is 10.9 Å². The minimum atomic E-state index is -0.747. The number of nitrogens with one attached hydrogen (secondary N) is 2. The van der Waals surface area contributed by atoms with E-state index in [-0.39, 0.29) is 36.9 Å². The summed E-state index contributed by atoms with van der Waals surface area (Å²) in [4.78, 5) is 7.44. The van der Waals surface area contributed by atoms with Crippen molar-refractivity contribution in [3.8, 4) is 0 Å². The van der Waals surface area contributed by atoms with E-state index in [4.69, 9.17) is 0 Å². The van der Waals surface area contributed by atoms with Crippen LogP contribution in [-0.4, -0.2) is 65.9 Å². The summed E-state index contributed by atoms with van der Waals surface area (Å²) in [6.45, 7) is 4.59. The third-order valence-corrected chi connectivity index (χ3v) is 7.87. The Bertz CT molecular complexity index is 1190. The molecular formula is C28H34F4N4. The lowest BCUT2D eigenvalue weighted by Gasteiger charge is -2.40. The van der Waals surface area contributed by atoms with Crippen molar-refractivity contribution in [2.24, 2.45) is 0 Å². The van der Waals surface area contributed by atoms with E-state index in [2.05, 4.69) is 22.1 Å². The van der Waals surface area contributed by atoms with Gasteiger partial charge in [-0.15, -0.1) is 0 Å². The SMILES string of the molecule is CC1CC(Nc2cc(F)c(C3c4[nH]c5ccccc5c4CC(C)N3CCF)c(F)c2)CN1CCCF. The maximum atomic E-state index is 15.7. The Balaban J connectivity index is 1.47. The van der Waals surface area contributed by atoms with Gasteiger partial charge in [0, 0.05) is 65.6 Å². The predicted molar refractivity (Wildman–Crippen MR) is 136 cm³/mol. The van der Waals surface area contributed by atoms with Gasteiger partial charge >= 0.3 is 0 Å². The summed E-state index contributed by atoms with van der Waals surface area (Å²) in [5, 5.41) is 4.32. The van der Waals surface area contributed by atoms with E-state index < -0.39 is 24.4 Å². The Hall–Kier alpha value is -2.58. The van der Waals surface area contributed by atoms with Gasteiger partial charge in [-0.1, -0.05) is 18.2 Å². The molecule has 0 aliphatic carbocycles. The fourth-order valence-corrected chi connectivity index (χ4v) is 6.21. The number of para-hydroxylation sites is 1. The highest BCUT2D eigenvalue weighted by atomic mass is 19.1. The van der Waals surface area contributed by atoms with Gasteiger partial charge in [-0.2, -0.15) is 0 Å². The first kappa shape index (κ1) is 25.1. The van der Waals surface area contributed by atoms with E-state index in [1.54, 1.807) is 0 Å². The number of hydrogen-bond donors (Lipinski definition) is 2. The van der Waals surface area contributed by atoms with E-state index in [9.17, 15) is 8.78 Å². The molecule has 2 aromatic carbocycles. The van der Waals surface area contributed by atoms with Crippen molar-refractivity contribution in [1.82, 2.24) is 14.8 Å². The minimum Gasteiger partial charge on any atom is -0.381 e. The number of benzene rings is 2. The van der Waals surface area contributed by atoms with Crippen LogP contribution in [0.3, 0.4) is 0 Å². The van der Waals surface area contributed by atoms with Crippen LogP contribution in [0.4, 0.5) is 23.2 Å². The zero-order valence-corrected chi connectivity index (χ0v) is 20.8. The van der Waals surface area contributed by atoms with Crippen LogP contribution < -0.4 is 5.32 Å². The second-order valence-corrected chi connectivity index (χ2v) is 10.3. The highest BCUT2D eigenvalue weighted by molar-refractivity contribution is 5.85. The van der Waals surface area contributed by atoms with Crippen molar-refractivity contribution in [1.29, 1.82) is 0 Å². The first-order chi connectivity index (χ1) is 17.4. The third-order valence-electron chi connectivity index (χ3n) is 7.87. The van der Waals surface area contributed by atoms with Crippen molar-refractivity contribution < 1.29 is 17.6 Å². The van der Waals surface area contributed by atoms with Crippen LogP contribution in [0.15, 0.2) is 36.4 Å². The second-order valence-electron chi connectivity index (χ2n) is 10.3. The van der Waals surface area contributed by atoms with Crippen LogP contribution in [-0.2, 0) is 6.42 Å². The van der Waals surface area contributed by atoms with Gasteiger partial charge in [0.2, 0.25) is 0 Å². The summed E-state index contributed by atoms with van der Waals surface area (Å²) in [5.74, 6) is -1.30. The molecule has 0 radical (unpaired) electrons. The van der Waals surface area contributed by atoms with Crippen LogP contribution in [0.2, 0.25) is 0 Å². The molecule has 36 heavy (non-hydrogen) atoms. The van der Waals surface area contributed by atoms with Crippen molar-refractivity contribution in [2.45, 2.75) is 57.3 Å². The average molecular weight is 503 g/mol. The molecule has 194 valence electrons. The zero-order valence-electron chi connectivity index (χ0n) is 20.8. The second kappa shape index (κ2) is 10.4. The number of aromatic nitrogens is 1. The summed E-state index contributed by atoms with van der Waals surface area (Å²) in [6, 6.07) is 10.0. The molecule has 3 aromatic rings. The molecule has 0 amide bonds. The number of alkyl halides is 2. The first-order valence-corrected chi connectivity index (χ1v) is 12.9. The molecule has 4 atom stereocenters. The Labute approximate surface area is 209 Å². The number of hydrogen-bond acceptors (Lipinski definition) is 3. The van der Waals surface area contributed by atoms with Gasteiger partial charge in [-0.3, -0.25) is 14.2 Å². The molecule has 1 fully saturated rings. The maximum Gasteiger partial charge on any atom is 0.133 e. The summed E-state index contributed by atoms with van der Waals surface area (Å²) >= 11 is 0. The summed E-state index contributed by atoms with van der Waals surface area (Å²) in [7, 11) is 0. The van der Waals surface area contributed by atoms with Gasteiger partial charge in [-0.25, -0.2) is 13.2 Å². The van der Waals surface area contributed by atoms with Crippen molar-refractivity contribution in [3.63, 3.8) is 0 Å². The normalized spacial score (nSPS) is 24.9. The fraction of sp³-hybridized carbons (Fsp3) is 0.500. The average Bonchev–Trinajstić information content (AvgIpc) is 3.38. The standard InChI is InChI=1S/C28H34F4N4/c1-17-12-20(16-35(17)10-5-8-29)33-19-14-23(31)26(24(32)15-19)28-27-22(13-18(2)36(28)11-9-30)21-6-3-4-7-25(21)34-27/h3-4,6-7,14-15,17-18,20,28,33-34H,5,8-13,16H2,1-2H3. The van der Waals surface area contributed by atoms with Gasteiger partial charge < -0.3 is 10.3 Å². The molecule has 2 N–H and O–H groups in total. The number of fused-ring (bicyclic) bond motifs is 3. The highest BCUT2D eigenvalue weighted by Gasteiger charge is 2.38. The summed E-state index contributed by atoms with van der Waals surface area (Å²) in [6.07, 6.45) is 1.98. The highest BCUT2D eigenvalue weighted by Crippen LogP contribution is 2.42. The third kappa shape index (κ3) is 4.61. The Morgan fingerprint density at radius 3 is 2.47 bits per heavy atom. The van der Waals surface area contributed by atoms with Crippen LogP contribution in [0.1, 0.15) is 49.6 Å². The molecule has 2 aliphatic rings.